The van der Waals surface area contributed by atoms with Crippen molar-refractivity contribution >= 4 is 25.7 Å². The molecule has 110 valence electrons. The number of rotatable bonds is 2. The van der Waals surface area contributed by atoms with Crippen LogP contribution in [0.3, 0.4) is 0 Å². The van der Waals surface area contributed by atoms with E-state index in [9.17, 15) is 17.6 Å². The van der Waals surface area contributed by atoms with Crippen molar-refractivity contribution in [1.29, 1.82) is 0 Å². The standard InChI is InChI=1S/C12H12ClFO5S/c1-7(15)19-12(2)5-6-18-11-9(20(13,16)17)4-3-8(14)10(11)12/h3-4H,5-6H2,1-2H3. The summed E-state index contributed by atoms with van der Waals surface area (Å²) in [5, 5.41) is 0. The molecular weight excluding hydrogens is 311 g/mol. The van der Waals surface area contributed by atoms with Gasteiger partial charge in [0.05, 0.1) is 12.2 Å². The number of ether oxygens (including phenoxy) is 2. The number of carbonyl (C=O) groups is 1. The molecule has 1 atom stereocenters. The third kappa shape index (κ3) is 2.60. The van der Waals surface area contributed by atoms with Crippen molar-refractivity contribution in [2.45, 2.75) is 30.8 Å². The summed E-state index contributed by atoms with van der Waals surface area (Å²) >= 11 is 0. The maximum Gasteiger partial charge on any atom is 0.303 e. The molecule has 0 radical (unpaired) electrons. The van der Waals surface area contributed by atoms with Crippen LogP contribution in [-0.4, -0.2) is 21.0 Å². The summed E-state index contributed by atoms with van der Waals surface area (Å²) in [5.41, 5.74) is -1.40. The number of halogens is 2. The minimum absolute atomic E-state index is 0.0830. The Hall–Kier alpha value is -1.34. The van der Waals surface area contributed by atoms with Gasteiger partial charge in [-0.25, -0.2) is 12.8 Å². The Balaban J connectivity index is 2.71. The minimum Gasteiger partial charge on any atom is -0.491 e. The van der Waals surface area contributed by atoms with Gasteiger partial charge in [0, 0.05) is 24.0 Å². The van der Waals surface area contributed by atoms with Crippen LogP contribution in [0.15, 0.2) is 17.0 Å². The second-order valence-corrected chi connectivity index (χ2v) is 7.14. The lowest BCUT2D eigenvalue weighted by Gasteiger charge is -2.35. The Morgan fingerprint density at radius 2 is 2.15 bits per heavy atom. The van der Waals surface area contributed by atoms with Crippen LogP contribution in [0.25, 0.3) is 0 Å². The van der Waals surface area contributed by atoms with Crippen molar-refractivity contribution in [3.8, 4) is 5.75 Å². The van der Waals surface area contributed by atoms with E-state index in [1.54, 1.807) is 0 Å². The first kappa shape index (κ1) is 15.1. The highest BCUT2D eigenvalue weighted by atomic mass is 35.7. The fourth-order valence-electron chi connectivity index (χ4n) is 2.26. The van der Waals surface area contributed by atoms with Crippen LogP contribution in [0.5, 0.6) is 5.75 Å². The molecule has 0 aliphatic carbocycles. The molecule has 0 N–H and O–H groups in total. The predicted molar refractivity (Wildman–Crippen MR) is 68.7 cm³/mol. The Bertz CT molecular complexity index is 673. The highest BCUT2D eigenvalue weighted by Crippen LogP contribution is 2.45. The molecule has 0 spiro atoms. The molecule has 5 nitrogen and oxygen atoms in total. The minimum atomic E-state index is -4.10. The van der Waals surface area contributed by atoms with E-state index in [-0.39, 0.29) is 29.2 Å². The fourth-order valence-corrected chi connectivity index (χ4v) is 3.24. The van der Waals surface area contributed by atoms with Gasteiger partial charge in [-0.1, -0.05) is 0 Å². The first-order chi connectivity index (χ1) is 9.15. The lowest BCUT2D eigenvalue weighted by Crippen LogP contribution is -2.35. The van der Waals surface area contributed by atoms with Crippen molar-refractivity contribution in [2.24, 2.45) is 0 Å². The van der Waals surface area contributed by atoms with Crippen molar-refractivity contribution in [3.63, 3.8) is 0 Å². The molecule has 0 saturated carbocycles. The Kier molecular flexibility index (Phi) is 3.68. The molecule has 20 heavy (non-hydrogen) atoms. The molecule has 1 aromatic rings. The third-order valence-electron chi connectivity index (χ3n) is 3.06. The molecule has 0 saturated heterocycles. The average molecular weight is 323 g/mol. The van der Waals surface area contributed by atoms with E-state index in [1.165, 1.54) is 13.8 Å². The molecule has 1 aromatic carbocycles. The number of hydrogen-bond acceptors (Lipinski definition) is 5. The van der Waals surface area contributed by atoms with Crippen LogP contribution >= 0.6 is 10.7 Å². The van der Waals surface area contributed by atoms with Crippen molar-refractivity contribution in [1.82, 2.24) is 0 Å². The number of carbonyl (C=O) groups excluding carboxylic acids is 1. The summed E-state index contributed by atoms with van der Waals surface area (Å²) in [6, 6.07) is 1.99. The van der Waals surface area contributed by atoms with Gasteiger partial charge in [0.15, 0.2) is 0 Å². The van der Waals surface area contributed by atoms with Crippen LogP contribution in [0.1, 0.15) is 25.8 Å². The zero-order valence-electron chi connectivity index (χ0n) is 10.8. The molecule has 0 bridgehead atoms. The maximum atomic E-state index is 14.1. The van der Waals surface area contributed by atoms with Gasteiger partial charge in [-0.3, -0.25) is 4.79 Å². The molecule has 0 aromatic heterocycles. The number of benzene rings is 1. The van der Waals surface area contributed by atoms with E-state index < -0.39 is 26.4 Å². The van der Waals surface area contributed by atoms with Gasteiger partial charge in [0.1, 0.15) is 22.1 Å². The summed E-state index contributed by atoms with van der Waals surface area (Å²) in [7, 11) is 1.21. The smallest absolute Gasteiger partial charge is 0.303 e. The van der Waals surface area contributed by atoms with E-state index in [0.29, 0.717) is 0 Å². The van der Waals surface area contributed by atoms with Gasteiger partial charge in [-0.15, -0.1) is 0 Å². The average Bonchev–Trinajstić information content (AvgIpc) is 2.25. The Morgan fingerprint density at radius 1 is 1.50 bits per heavy atom. The normalized spacial score (nSPS) is 21.8. The molecule has 0 amide bonds. The first-order valence-corrected chi connectivity index (χ1v) is 8.06. The molecule has 1 heterocycles. The number of hydrogen-bond donors (Lipinski definition) is 0. The lowest BCUT2D eigenvalue weighted by atomic mass is 9.89. The van der Waals surface area contributed by atoms with Crippen molar-refractivity contribution in [3.05, 3.63) is 23.5 Å². The monoisotopic (exact) mass is 322 g/mol. The first-order valence-electron chi connectivity index (χ1n) is 5.75. The van der Waals surface area contributed by atoms with Crippen LogP contribution < -0.4 is 4.74 Å². The molecule has 8 heteroatoms. The fraction of sp³-hybridized carbons (Fsp3) is 0.417. The number of esters is 1. The zero-order chi connectivity index (χ0) is 15.1. The summed E-state index contributed by atoms with van der Waals surface area (Å²) < 4.78 is 47.5. The van der Waals surface area contributed by atoms with E-state index in [4.69, 9.17) is 20.2 Å². The van der Waals surface area contributed by atoms with Crippen molar-refractivity contribution in [2.75, 3.05) is 6.61 Å². The highest BCUT2D eigenvalue weighted by Gasteiger charge is 2.41. The maximum absolute atomic E-state index is 14.1. The quantitative estimate of drug-likeness (QED) is 0.617. The van der Waals surface area contributed by atoms with Crippen LogP contribution in [0.2, 0.25) is 0 Å². The van der Waals surface area contributed by atoms with Gasteiger partial charge < -0.3 is 9.47 Å². The van der Waals surface area contributed by atoms with Crippen LogP contribution in [0.4, 0.5) is 4.39 Å². The van der Waals surface area contributed by atoms with Crippen LogP contribution in [0, 0.1) is 5.82 Å². The van der Waals surface area contributed by atoms with Gasteiger partial charge in [0.2, 0.25) is 0 Å². The predicted octanol–water partition coefficient (Wildman–Crippen LogP) is 2.31. The van der Waals surface area contributed by atoms with Gasteiger partial charge in [-0.2, -0.15) is 0 Å². The van der Waals surface area contributed by atoms with E-state index in [2.05, 4.69) is 0 Å². The van der Waals surface area contributed by atoms with Gasteiger partial charge in [-0.05, 0) is 19.1 Å². The summed E-state index contributed by atoms with van der Waals surface area (Å²) in [5.74, 6) is -1.51. The second-order valence-electron chi connectivity index (χ2n) is 4.61. The van der Waals surface area contributed by atoms with Gasteiger partial charge in [0.25, 0.3) is 9.05 Å². The zero-order valence-corrected chi connectivity index (χ0v) is 12.3. The molecule has 1 unspecified atom stereocenters. The Labute approximate surface area is 120 Å². The largest absolute Gasteiger partial charge is 0.491 e. The molecule has 1 aliphatic heterocycles. The van der Waals surface area contributed by atoms with Gasteiger partial charge >= 0.3 is 5.97 Å². The summed E-state index contributed by atoms with van der Waals surface area (Å²) in [6.45, 7) is 2.78. The van der Waals surface area contributed by atoms with E-state index >= 15 is 0 Å². The molecule has 1 aliphatic rings. The number of fused-ring (bicyclic) bond motifs is 1. The lowest BCUT2D eigenvalue weighted by molar-refractivity contribution is -0.159. The second kappa shape index (κ2) is 4.89. The van der Waals surface area contributed by atoms with E-state index in [1.807, 2.05) is 0 Å². The highest BCUT2D eigenvalue weighted by molar-refractivity contribution is 8.13. The third-order valence-corrected chi connectivity index (χ3v) is 4.40. The van der Waals surface area contributed by atoms with Crippen molar-refractivity contribution < 1.29 is 27.1 Å². The SMILES string of the molecule is CC(=O)OC1(C)CCOc2c(S(=O)(=O)Cl)ccc(F)c21. The summed E-state index contributed by atoms with van der Waals surface area (Å²) in [4.78, 5) is 10.9. The topological polar surface area (TPSA) is 69.7 Å². The van der Waals surface area contributed by atoms with E-state index in [0.717, 1.165) is 12.1 Å². The molecule has 0 fully saturated rings. The molecule has 2 rings (SSSR count). The summed E-state index contributed by atoms with van der Waals surface area (Å²) in [6.07, 6.45) is 0.211. The molecular formula is C12H12ClFO5S. The Morgan fingerprint density at radius 3 is 2.70 bits per heavy atom. The van der Waals surface area contributed by atoms with Crippen LogP contribution in [-0.2, 0) is 24.2 Å².